The molecule has 158 valence electrons. The number of amides is 3. The van der Waals surface area contributed by atoms with Crippen LogP contribution in [0.5, 0.6) is 0 Å². The standard InChI is InChI=1S/C21H21ClFN3O4/c1-2-26(13-7-8-17-12(10-13)6-9-18(27)25-17)21(30)19(28)20(29)24-11-14-15(22)4-3-5-16(14)23/h3-5,7-8,10,19,28H,2,6,9,11H2,1H3,(H,24,29)(H,25,27). The summed E-state index contributed by atoms with van der Waals surface area (Å²) in [7, 11) is 0. The molecule has 30 heavy (non-hydrogen) atoms. The molecule has 3 amide bonds. The van der Waals surface area contributed by atoms with Gasteiger partial charge in [-0.25, -0.2) is 4.39 Å². The molecule has 0 saturated carbocycles. The molecule has 1 atom stereocenters. The van der Waals surface area contributed by atoms with Gasteiger partial charge in [0.15, 0.2) is 0 Å². The normalized spacial score (nSPS) is 13.8. The lowest BCUT2D eigenvalue weighted by Crippen LogP contribution is -2.47. The van der Waals surface area contributed by atoms with Crippen LogP contribution in [0.3, 0.4) is 0 Å². The van der Waals surface area contributed by atoms with Gasteiger partial charge in [0, 0.05) is 41.5 Å². The molecule has 0 bridgehead atoms. The van der Waals surface area contributed by atoms with Crippen LogP contribution in [-0.2, 0) is 27.3 Å². The summed E-state index contributed by atoms with van der Waals surface area (Å²) in [6.07, 6.45) is -1.08. The van der Waals surface area contributed by atoms with E-state index in [9.17, 15) is 23.9 Å². The molecule has 2 aromatic rings. The van der Waals surface area contributed by atoms with E-state index in [0.717, 1.165) is 5.56 Å². The van der Waals surface area contributed by atoms with E-state index in [-0.39, 0.29) is 29.6 Å². The smallest absolute Gasteiger partial charge is 0.265 e. The summed E-state index contributed by atoms with van der Waals surface area (Å²) >= 11 is 5.92. The summed E-state index contributed by atoms with van der Waals surface area (Å²) in [5, 5.41) is 15.5. The summed E-state index contributed by atoms with van der Waals surface area (Å²) in [5.74, 6) is -2.43. The van der Waals surface area contributed by atoms with Crippen molar-refractivity contribution in [1.82, 2.24) is 5.32 Å². The van der Waals surface area contributed by atoms with Crippen molar-refractivity contribution in [2.24, 2.45) is 0 Å². The SMILES string of the molecule is CCN(C(=O)C(O)C(=O)NCc1c(F)cccc1Cl)c1ccc2c(c1)CCC(=O)N2. The Labute approximate surface area is 177 Å². The summed E-state index contributed by atoms with van der Waals surface area (Å²) in [4.78, 5) is 37.8. The Bertz CT molecular complexity index is 978. The number of hydrogen-bond donors (Lipinski definition) is 3. The van der Waals surface area contributed by atoms with Crippen molar-refractivity contribution in [3.63, 3.8) is 0 Å². The summed E-state index contributed by atoms with van der Waals surface area (Å²) in [5.41, 5.74) is 2.11. The van der Waals surface area contributed by atoms with E-state index < -0.39 is 23.7 Å². The number of halogens is 2. The number of hydrogen-bond acceptors (Lipinski definition) is 4. The van der Waals surface area contributed by atoms with Gasteiger partial charge in [0.25, 0.3) is 11.8 Å². The predicted molar refractivity (Wildman–Crippen MR) is 111 cm³/mol. The van der Waals surface area contributed by atoms with Crippen molar-refractivity contribution < 1.29 is 23.9 Å². The van der Waals surface area contributed by atoms with Crippen LogP contribution in [0.25, 0.3) is 0 Å². The number of carbonyl (C=O) groups excluding carboxylic acids is 3. The Morgan fingerprint density at radius 2 is 2.07 bits per heavy atom. The minimum absolute atomic E-state index is 0.0660. The largest absolute Gasteiger partial charge is 0.375 e. The van der Waals surface area contributed by atoms with Crippen molar-refractivity contribution in [2.45, 2.75) is 32.4 Å². The molecule has 1 heterocycles. The first-order chi connectivity index (χ1) is 14.3. The van der Waals surface area contributed by atoms with Gasteiger partial charge in [-0.1, -0.05) is 17.7 Å². The average Bonchev–Trinajstić information content (AvgIpc) is 2.73. The zero-order chi connectivity index (χ0) is 21.8. The van der Waals surface area contributed by atoms with Crippen molar-refractivity contribution in [3.05, 3.63) is 58.4 Å². The number of anilines is 2. The number of aryl methyl sites for hydroxylation is 1. The molecular formula is C21H21ClFN3O4. The Morgan fingerprint density at radius 3 is 2.77 bits per heavy atom. The number of nitrogens with zero attached hydrogens (tertiary/aromatic N) is 1. The lowest BCUT2D eigenvalue weighted by molar-refractivity contribution is -0.139. The van der Waals surface area contributed by atoms with Gasteiger partial charge in [-0.05, 0) is 49.2 Å². The Morgan fingerprint density at radius 1 is 1.30 bits per heavy atom. The number of benzene rings is 2. The minimum Gasteiger partial charge on any atom is -0.375 e. The molecule has 7 nitrogen and oxygen atoms in total. The first-order valence-corrected chi connectivity index (χ1v) is 9.82. The van der Waals surface area contributed by atoms with Crippen molar-refractivity contribution >= 4 is 40.7 Å². The van der Waals surface area contributed by atoms with Crippen LogP contribution >= 0.6 is 11.6 Å². The molecule has 0 aromatic heterocycles. The Balaban J connectivity index is 1.70. The van der Waals surface area contributed by atoms with Gasteiger partial charge in [0.05, 0.1) is 0 Å². The van der Waals surface area contributed by atoms with Crippen LogP contribution in [0.2, 0.25) is 5.02 Å². The average molecular weight is 434 g/mol. The Hall–Kier alpha value is -2.97. The van der Waals surface area contributed by atoms with Crippen LogP contribution < -0.4 is 15.5 Å². The summed E-state index contributed by atoms with van der Waals surface area (Å²) in [6.45, 7) is 1.66. The maximum absolute atomic E-state index is 13.8. The first kappa shape index (κ1) is 21.7. The zero-order valence-electron chi connectivity index (χ0n) is 16.2. The van der Waals surface area contributed by atoms with Gasteiger partial charge < -0.3 is 20.6 Å². The molecule has 0 spiro atoms. The highest BCUT2D eigenvalue weighted by Gasteiger charge is 2.29. The summed E-state index contributed by atoms with van der Waals surface area (Å²) < 4.78 is 13.8. The lowest BCUT2D eigenvalue weighted by atomic mass is 10.0. The number of rotatable bonds is 6. The fourth-order valence-electron chi connectivity index (χ4n) is 3.24. The number of nitrogens with one attached hydrogen (secondary N) is 2. The number of aliphatic hydroxyl groups excluding tert-OH is 1. The Kier molecular flexibility index (Phi) is 6.69. The molecule has 0 saturated heterocycles. The number of likely N-dealkylation sites (N-methyl/N-ethyl adjacent to an activating group) is 1. The van der Waals surface area contributed by atoms with Gasteiger partial charge in [0.1, 0.15) is 5.82 Å². The zero-order valence-corrected chi connectivity index (χ0v) is 17.0. The monoisotopic (exact) mass is 433 g/mol. The van der Waals surface area contributed by atoms with Crippen LogP contribution in [0.4, 0.5) is 15.8 Å². The van der Waals surface area contributed by atoms with E-state index >= 15 is 0 Å². The molecule has 0 radical (unpaired) electrons. The van der Waals surface area contributed by atoms with E-state index in [1.165, 1.54) is 23.1 Å². The maximum Gasteiger partial charge on any atom is 0.265 e. The second-order valence-electron chi connectivity index (χ2n) is 6.79. The third-order valence-electron chi connectivity index (χ3n) is 4.86. The third-order valence-corrected chi connectivity index (χ3v) is 5.22. The van der Waals surface area contributed by atoms with Gasteiger partial charge in [0.2, 0.25) is 12.0 Å². The van der Waals surface area contributed by atoms with Crippen LogP contribution in [0.1, 0.15) is 24.5 Å². The highest BCUT2D eigenvalue weighted by molar-refractivity contribution is 6.31. The molecule has 1 aliphatic heterocycles. The van der Waals surface area contributed by atoms with E-state index in [4.69, 9.17) is 11.6 Å². The maximum atomic E-state index is 13.8. The van der Waals surface area contributed by atoms with Gasteiger partial charge in [-0.3, -0.25) is 14.4 Å². The second kappa shape index (κ2) is 9.23. The van der Waals surface area contributed by atoms with Crippen molar-refractivity contribution in [1.29, 1.82) is 0 Å². The highest BCUT2D eigenvalue weighted by Crippen LogP contribution is 2.28. The minimum atomic E-state index is -1.97. The molecule has 1 aliphatic rings. The number of aliphatic hydroxyl groups is 1. The molecule has 0 fully saturated rings. The van der Waals surface area contributed by atoms with Gasteiger partial charge >= 0.3 is 0 Å². The topological polar surface area (TPSA) is 98.7 Å². The van der Waals surface area contributed by atoms with Crippen LogP contribution in [0, 0.1) is 5.82 Å². The van der Waals surface area contributed by atoms with E-state index in [1.54, 1.807) is 25.1 Å². The second-order valence-corrected chi connectivity index (χ2v) is 7.20. The molecule has 9 heteroatoms. The lowest BCUT2D eigenvalue weighted by Gasteiger charge is -2.26. The fourth-order valence-corrected chi connectivity index (χ4v) is 3.47. The van der Waals surface area contributed by atoms with Gasteiger partial charge in [-0.2, -0.15) is 0 Å². The molecule has 2 aromatic carbocycles. The van der Waals surface area contributed by atoms with Crippen LogP contribution in [-0.4, -0.2) is 35.5 Å². The fraction of sp³-hybridized carbons (Fsp3) is 0.286. The molecular weight excluding hydrogens is 413 g/mol. The third kappa shape index (κ3) is 4.60. The predicted octanol–water partition coefficient (Wildman–Crippen LogP) is 2.39. The van der Waals surface area contributed by atoms with Gasteiger partial charge in [-0.15, -0.1) is 0 Å². The number of fused-ring (bicyclic) bond motifs is 1. The summed E-state index contributed by atoms with van der Waals surface area (Å²) in [6, 6.07) is 9.18. The quantitative estimate of drug-likeness (QED) is 0.609. The molecule has 0 aliphatic carbocycles. The van der Waals surface area contributed by atoms with E-state index in [0.29, 0.717) is 24.2 Å². The van der Waals surface area contributed by atoms with Crippen LogP contribution in [0.15, 0.2) is 36.4 Å². The van der Waals surface area contributed by atoms with Crippen molar-refractivity contribution in [2.75, 3.05) is 16.8 Å². The van der Waals surface area contributed by atoms with Crippen molar-refractivity contribution in [3.8, 4) is 0 Å². The number of carbonyl (C=O) groups is 3. The van der Waals surface area contributed by atoms with E-state index in [2.05, 4.69) is 10.6 Å². The highest BCUT2D eigenvalue weighted by atomic mass is 35.5. The molecule has 3 rings (SSSR count). The molecule has 1 unspecified atom stereocenters. The van der Waals surface area contributed by atoms with E-state index in [1.807, 2.05) is 0 Å². The first-order valence-electron chi connectivity index (χ1n) is 9.44. The molecule has 3 N–H and O–H groups in total.